The van der Waals surface area contributed by atoms with E-state index >= 15 is 0 Å². The first-order chi connectivity index (χ1) is 25.7. The summed E-state index contributed by atoms with van der Waals surface area (Å²) in [6, 6.07) is 78.4. The average Bonchev–Trinajstić information content (AvgIpc) is 3.24. The summed E-state index contributed by atoms with van der Waals surface area (Å²) in [5.74, 6) is 0. The molecule has 246 valence electrons. The Kier molecular flexibility index (Phi) is 9.35. The van der Waals surface area contributed by atoms with Gasteiger partial charge in [-0.15, -0.1) is 0 Å². The third-order valence-electron chi connectivity index (χ3n) is 9.87. The second-order valence-corrected chi connectivity index (χ2v) is 20.8. The summed E-state index contributed by atoms with van der Waals surface area (Å²) in [4.78, 5) is 5.86. The Morgan fingerprint density at radius 3 is 0.962 bits per heavy atom. The molecule has 0 aromatic heterocycles. The van der Waals surface area contributed by atoms with Gasteiger partial charge in [0, 0.05) is 0 Å². The van der Waals surface area contributed by atoms with E-state index in [9.17, 15) is 0 Å². The van der Waals surface area contributed by atoms with E-state index in [0.29, 0.717) is 5.69 Å². The molecule has 0 unspecified atom stereocenters. The first kappa shape index (κ1) is 32.8. The van der Waals surface area contributed by atoms with Gasteiger partial charge in [0.05, 0.1) is 6.57 Å². The molecule has 3 heteroatoms. The molecule has 0 spiro atoms. The van der Waals surface area contributed by atoms with Crippen LogP contribution in [0.3, 0.4) is 0 Å². The van der Waals surface area contributed by atoms with Crippen LogP contribution < -0.4 is 22.5 Å². The van der Waals surface area contributed by atoms with Crippen molar-refractivity contribution in [1.82, 2.24) is 0 Å². The van der Waals surface area contributed by atoms with Crippen molar-refractivity contribution in [3.8, 4) is 22.3 Å². The zero-order chi connectivity index (χ0) is 35.2. The molecule has 0 fully saturated rings. The van der Waals surface area contributed by atoms with Crippen molar-refractivity contribution in [2.45, 2.75) is 0 Å². The summed E-state index contributed by atoms with van der Waals surface area (Å²) >= 11 is -3.32. The predicted octanol–water partition coefficient (Wildman–Crippen LogP) is 10.4. The van der Waals surface area contributed by atoms with Gasteiger partial charge in [-0.2, -0.15) is 0 Å². The fraction of sp³-hybridized carbons (Fsp3) is 0. The van der Waals surface area contributed by atoms with E-state index in [-0.39, 0.29) is 0 Å². The van der Waals surface area contributed by atoms with E-state index in [0.717, 1.165) is 22.6 Å². The fourth-order valence-electron chi connectivity index (χ4n) is 7.34. The van der Waals surface area contributed by atoms with Crippen molar-refractivity contribution in [2.75, 3.05) is 4.90 Å². The molecule has 0 atom stereocenters. The van der Waals surface area contributed by atoms with Crippen LogP contribution in [0.5, 0.6) is 0 Å². The quantitative estimate of drug-likeness (QED) is 0.106. The van der Waals surface area contributed by atoms with Crippen molar-refractivity contribution in [3.63, 3.8) is 0 Å². The minimum absolute atomic E-state index is 0.627. The molecule has 0 radical (unpaired) electrons. The third-order valence-corrected chi connectivity index (χ3v) is 19.9. The average molecular weight is 725 g/mol. The van der Waals surface area contributed by atoms with Gasteiger partial charge in [-0.1, -0.05) is 30.3 Å². The predicted molar refractivity (Wildman–Crippen MR) is 222 cm³/mol. The molecule has 0 saturated carbocycles. The van der Waals surface area contributed by atoms with Crippen molar-refractivity contribution in [1.29, 1.82) is 0 Å². The molecule has 0 bridgehead atoms. The van der Waals surface area contributed by atoms with Crippen LogP contribution in [0, 0.1) is 6.57 Å². The van der Waals surface area contributed by atoms with Crippen molar-refractivity contribution in [2.24, 2.45) is 0 Å². The van der Waals surface area contributed by atoms with Gasteiger partial charge >= 0.3 is 252 Å². The fourth-order valence-corrected chi connectivity index (χ4v) is 17.3. The molecule has 2 nitrogen and oxygen atoms in total. The summed E-state index contributed by atoms with van der Waals surface area (Å²) in [7, 11) is 0. The summed E-state index contributed by atoms with van der Waals surface area (Å²) in [5, 5.41) is 0. The summed E-state index contributed by atoms with van der Waals surface area (Å²) < 4.78 is 5.65. The molecule has 0 N–H and O–H groups in total. The normalized spacial score (nSPS) is 11.1. The number of rotatable bonds is 9. The number of hydrogen-bond donors (Lipinski definition) is 0. The van der Waals surface area contributed by atoms with Crippen molar-refractivity contribution < 1.29 is 0 Å². The van der Waals surface area contributed by atoms with Crippen LogP contribution in [-0.4, -0.2) is 13.3 Å². The number of hydrogen-bond acceptors (Lipinski definition) is 1. The Morgan fingerprint density at radius 2 is 0.596 bits per heavy atom. The Bertz CT molecular complexity index is 2310. The second-order valence-electron chi connectivity index (χ2n) is 12.8. The summed E-state index contributed by atoms with van der Waals surface area (Å²) in [6.45, 7) is 7.45. The van der Waals surface area contributed by atoms with Gasteiger partial charge in [-0.25, -0.2) is 4.85 Å². The first-order valence-corrected chi connectivity index (χ1v) is 21.7. The second kappa shape index (κ2) is 14.8. The topological polar surface area (TPSA) is 7.60 Å². The third kappa shape index (κ3) is 6.35. The molecule has 0 amide bonds. The zero-order valence-electron chi connectivity index (χ0n) is 28.7. The Morgan fingerprint density at radius 1 is 0.308 bits per heavy atom. The molecule has 0 heterocycles. The monoisotopic (exact) mass is 726 g/mol. The molecule has 8 aromatic carbocycles. The molecule has 52 heavy (non-hydrogen) atoms. The van der Waals surface area contributed by atoms with Crippen molar-refractivity contribution >= 4 is 53.6 Å². The van der Waals surface area contributed by atoms with E-state index in [1.54, 1.807) is 0 Å². The van der Waals surface area contributed by atoms with Crippen LogP contribution in [0.1, 0.15) is 0 Å². The zero-order valence-corrected chi connectivity index (χ0v) is 30.8. The van der Waals surface area contributed by atoms with Gasteiger partial charge in [-0.3, -0.25) is 0 Å². The Hall–Kier alpha value is -6.41. The van der Waals surface area contributed by atoms with E-state index in [2.05, 4.69) is 198 Å². The van der Waals surface area contributed by atoms with Crippen LogP contribution >= 0.6 is 0 Å². The van der Waals surface area contributed by atoms with Gasteiger partial charge in [-0.05, 0) is 11.1 Å². The molecule has 8 rings (SSSR count). The van der Waals surface area contributed by atoms with Gasteiger partial charge in [0.1, 0.15) is 0 Å². The summed E-state index contributed by atoms with van der Waals surface area (Å²) in [6.07, 6.45) is 0. The number of benzene rings is 8. The van der Waals surface area contributed by atoms with Crippen molar-refractivity contribution in [3.05, 3.63) is 230 Å². The van der Waals surface area contributed by atoms with Gasteiger partial charge in [0.15, 0.2) is 5.69 Å². The SMILES string of the molecule is [C-]#[N+]c1ccc(N(c2ccc(-c3ccccc3)cc2)c2ccc(-c3cc[c]([Ge]([c]4ccccc4)([c]4ccccc4)[c]4ccccc4)cc3)cc2)cc1. The Labute approximate surface area is 309 Å². The van der Waals surface area contributed by atoms with Gasteiger partial charge in [0.2, 0.25) is 0 Å². The molecule has 0 aliphatic carbocycles. The molecule has 8 aromatic rings. The number of nitrogens with zero attached hydrogens (tertiary/aromatic N) is 2. The van der Waals surface area contributed by atoms with Crippen LogP contribution in [0.25, 0.3) is 27.1 Å². The molecule has 0 saturated heterocycles. The van der Waals surface area contributed by atoms with E-state index in [4.69, 9.17) is 6.57 Å². The van der Waals surface area contributed by atoms with E-state index in [1.165, 1.54) is 34.3 Å². The maximum atomic E-state index is 7.45. The molecule has 0 aliphatic rings. The first-order valence-electron chi connectivity index (χ1n) is 17.5. The van der Waals surface area contributed by atoms with Crippen LogP contribution in [0.4, 0.5) is 22.7 Å². The molecule has 0 aliphatic heterocycles. The van der Waals surface area contributed by atoms with Crippen LogP contribution in [0.15, 0.2) is 218 Å². The minimum atomic E-state index is -3.32. The van der Waals surface area contributed by atoms with E-state index in [1.807, 2.05) is 30.3 Å². The standard InChI is InChI=1S/C49H36GeN2/c1-51-46-30-36-49(37-31-46)52(47-32-24-40(25-33-47)38-14-6-2-7-15-38)48-34-26-41(27-35-48)39-22-28-45(29-23-39)50(42-16-8-3-9-17-42,43-18-10-4-11-19-43)44-20-12-5-13-21-44/h2-37H. The van der Waals surface area contributed by atoms with Crippen LogP contribution in [0.2, 0.25) is 0 Å². The number of anilines is 3. The summed E-state index contributed by atoms with van der Waals surface area (Å²) in [5.41, 5.74) is 8.44. The molecular weight excluding hydrogens is 689 g/mol. The van der Waals surface area contributed by atoms with Crippen LogP contribution in [-0.2, 0) is 0 Å². The maximum absolute atomic E-state index is 7.45. The van der Waals surface area contributed by atoms with Gasteiger partial charge in [0.25, 0.3) is 0 Å². The van der Waals surface area contributed by atoms with Gasteiger partial charge < -0.3 is 0 Å². The Balaban J connectivity index is 1.16. The van der Waals surface area contributed by atoms with E-state index < -0.39 is 13.3 Å². The molecular formula is C49H36GeN2.